The summed E-state index contributed by atoms with van der Waals surface area (Å²) in [6.07, 6.45) is -0.255. The van der Waals surface area contributed by atoms with Crippen LogP contribution < -0.4 is 5.73 Å². The third-order valence-corrected chi connectivity index (χ3v) is 2.57. The van der Waals surface area contributed by atoms with E-state index < -0.39 is 0 Å². The first-order valence-electron chi connectivity index (χ1n) is 5.47. The van der Waals surface area contributed by atoms with Gasteiger partial charge in [0.25, 0.3) is 5.89 Å². The molecule has 0 radical (unpaired) electrons. The van der Waals surface area contributed by atoms with Crippen LogP contribution in [-0.2, 0) is 9.47 Å². The Bertz CT molecular complexity index is 334. The molecule has 2 heterocycles. The monoisotopic (exact) mass is 227 g/mol. The number of nitrogens with two attached hydrogens (primary N) is 1. The highest BCUT2D eigenvalue weighted by Gasteiger charge is 2.25. The highest BCUT2D eigenvalue weighted by molar-refractivity contribution is 4.96. The quantitative estimate of drug-likeness (QED) is 0.822. The van der Waals surface area contributed by atoms with Crippen LogP contribution >= 0.6 is 0 Å². The summed E-state index contributed by atoms with van der Waals surface area (Å²) in [5.41, 5.74) is 5.92. The molecule has 1 aliphatic rings. The van der Waals surface area contributed by atoms with E-state index in [-0.39, 0.29) is 18.1 Å². The van der Waals surface area contributed by atoms with Crippen LogP contribution in [0.5, 0.6) is 0 Å². The van der Waals surface area contributed by atoms with Gasteiger partial charge in [0.2, 0.25) is 0 Å². The number of nitrogens with zero attached hydrogens (tertiary/aromatic N) is 2. The lowest BCUT2D eigenvalue weighted by Crippen LogP contribution is -2.22. The molecular weight excluding hydrogens is 210 g/mol. The van der Waals surface area contributed by atoms with Crippen molar-refractivity contribution in [3.63, 3.8) is 0 Å². The highest BCUT2D eigenvalue weighted by Crippen LogP contribution is 2.22. The van der Waals surface area contributed by atoms with Crippen molar-refractivity contribution in [2.24, 2.45) is 11.7 Å². The average Bonchev–Trinajstić information content (AvgIpc) is 2.78. The van der Waals surface area contributed by atoms with E-state index >= 15 is 0 Å². The van der Waals surface area contributed by atoms with Crippen LogP contribution in [0.2, 0.25) is 0 Å². The largest absolute Gasteiger partial charge is 0.376 e. The molecule has 1 aromatic rings. The average molecular weight is 227 g/mol. The summed E-state index contributed by atoms with van der Waals surface area (Å²) >= 11 is 0. The molecule has 2 rings (SSSR count). The summed E-state index contributed by atoms with van der Waals surface area (Å²) in [6, 6.07) is -0.206. The van der Waals surface area contributed by atoms with Gasteiger partial charge in [-0.05, 0) is 5.92 Å². The summed E-state index contributed by atoms with van der Waals surface area (Å²) in [4.78, 5) is 4.25. The minimum atomic E-state index is -0.255. The van der Waals surface area contributed by atoms with Gasteiger partial charge in [-0.2, -0.15) is 4.98 Å². The second-order valence-corrected chi connectivity index (χ2v) is 4.19. The van der Waals surface area contributed by atoms with E-state index in [0.29, 0.717) is 31.5 Å². The lowest BCUT2D eigenvalue weighted by atomic mass is 10.1. The fraction of sp³-hybridized carbons (Fsp3) is 0.800. The van der Waals surface area contributed by atoms with Gasteiger partial charge in [-0.3, -0.25) is 0 Å². The molecule has 0 amide bonds. The maximum atomic E-state index is 5.92. The predicted octanol–water partition coefficient (Wildman–Crippen LogP) is 0.813. The van der Waals surface area contributed by atoms with Crippen LogP contribution in [0.15, 0.2) is 4.52 Å². The van der Waals surface area contributed by atoms with Crippen LogP contribution in [-0.4, -0.2) is 30.0 Å². The molecule has 16 heavy (non-hydrogen) atoms. The van der Waals surface area contributed by atoms with Gasteiger partial charge in [-0.25, -0.2) is 0 Å². The maximum Gasteiger partial charge on any atom is 0.258 e. The Morgan fingerprint density at radius 3 is 2.81 bits per heavy atom. The Morgan fingerprint density at radius 2 is 2.19 bits per heavy atom. The first-order chi connectivity index (χ1) is 7.68. The van der Waals surface area contributed by atoms with E-state index in [4.69, 9.17) is 19.7 Å². The van der Waals surface area contributed by atoms with Crippen LogP contribution in [0.4, 0.5) is 0 Å². The second-order valence-electron chi connectivity index (χ2n) is 4.19. The predicted molar refractivity (Wildman–Crippen MR) is 55.6 cm³/mol. The third kappa shape index (κ3) is 2.40. The first kappa shape index (κ1) is 11.5. The minimum Gasteiger partial charge on any atom is -0.376 e. The fourth-order valence-electron chi connectivity index (χ4n) is 1.44. The maximum absolute atomic E-state index is 5.92. The normalized spacial score (nSPS) is 23.6. The summed E-state index contributed by atoms with van der Waals surface area (Å²) in [5, 5.41) is 3.87. The van der Waals surface area contributed by atoms with Gasteiger partial charge in [0.1, 0.15) is 0 Å². The smallest absolute Gasteiger partial charge is 0.258 e. The van der Waals surface area contributed by atoms with Crippen molar-refractivity contribution in [3.05, 3.63) is 11.7 Å². The van der Waals surface area contributed by atoms with Crippen molar-refractivity contribution < 1.29 is 14.0 Å². The zero-order valence-electron chi connectivity index (χ0n) is 9.55. The molecule has 0 aliphatic carbocycles. The SMILES string of the molecule is CC(C)C(N)c1noc(C2COCCO2)n1. The molecule has 0 spiro atoms. The molecule has 1 aliphatic heterocycles. The number of hydrogen-bond acceptors (Lipinski definition) is 6. The molecule has 2 unspecified atom stereocenters. The lowest BCUT2D eigenvalue weighted by Gasteiger charge is -2.19. The summed E-state index contributed by atoms with van der Waals surface area (Å²) < 4.78 is 15.9. The number of hydrogen-bond donors (Lipinski definition) is 1. The van der Waals surface area contributed by atoms with Crippen molar-refractivity contribution in [1.82, 2.24) is 10.1 Å². The second kappa shape index (κ2) is 4.90. The highest BCUT2D eigenvalue weighted by atomic mass is 16.6. The van der Waals surface area contributed by atoms with Gasteiger partial charge < -0.3 is 19.7 Å². The van der Waals surface area contributed by atoms with Crippen molar-refractivity contribution in [3.8, 4) is 0 Å². The van der Waals surface area contributed by atoms with Gasteiger partial charge in [0, 0.05) is 0 Å². The lowest BCUT2D eigenvalue weighted by molar-refractivity contribution is -0.101. The Morgan fingerprint density at radius 1 is 1.38 bits per heavy atom. The molecule has 1 fully saturated rings. The van der Waals surface area contributed by atoms with Gasteiger partial charge in [0.05, 0.1) is 25.9 Å². The Balaban J connectivity index is 2.06. The summed E-state index contributed by atoms with van der Waals surface area (Å²) in [6.45, 7) is 5.65. The van der Waals surface area contributed by atoms with Crippen molar-refractivity contribution >= 4 is 0 Å². The van der Waals surface area contributed by atoms with E-state index in [9.17, 15) is 0 Å². The van der Waals surface area contributed by atoms with Crippen LogP contribution in [0.25, 0.3) is 0 Å². The molecule has 90 valence electrons. The van der Waals surface area contributed by atoms with Gasteiger partial charge >= 0.3 is 0 Å². The molecule has 2 N–H and O–H groups in total. The van der Waals surface area contributed by atoms with Crippen LogP contribution in [0.1, 0.15) is 37.7 Å². The Hall–Kier alpha value is -0.980. The summed E-state index contributed by atoms with van der Waals surface area (Å²) in [5.74, 6) is 1.25. The van der Waals surface area contributed by atoms with Gasteiger partial charge in [-0.15, -0.1) is 0 Å². The molecule has 0 saturated carbocycles. The van der Waals surface area contributed by atoms with E-state index in [2.05, 4.69) is 10.1 Å². The molecule has 6 nitrogen and oxygen atoms in total. The molecule has 0 aromatic carbocycles. The van der Waals surface area contributed by atoms with E-state index in [0.717, 1.165) is 0 Å². The zero-order valence-corrected chi connectivity index (χ0v) is 9.55. The van der Waals surface area contributed by atoms with Crippen molar-refractivity contribution in [2.75, 3.05) is 19.8 Å². The fourth-order valence-corrected chi connectivity index (χ4v) is 1.44. The standard InChI is InChI=1S/C10H17N3O3/c1-6(2)8(11)9-12-10(16-13-9)7-5-14-3-4-15-7/h6-8H,3-5,11H2,1-2H3. The molecule has 2 atom stereocenters. The number of aromatic nitrogens is 2. The van der Waals surface area contributed by atoms with Crippen molar-refractivity contribution in [2.45, 2.75) is 26.0 Å². The minimum absolute atomic E-state index is 0.206. The van der Waals surface area contributed by atoms with E-state index in [1.54, 1.807) is 0 Å². The van der Waals surface area contributed by atoms with Crippen molar-refractivity contribution in [1.29, 1.82) is 0 Å². The molecule has 1 saturated heterocycles. The van der Waals surface area contributed by atoms with E-state index in [1.165, 1.54) is 0 Å². The summed E-state index contributed by atoms with van der Waals surface area (Å²) in [7, 11) is 0. The Labute approximate surface area is 94.1 Å². The van der Waals surface area contributed by atoms with E-state index in [1.807, 2.05) is 13.8 Å². The zero-order chi connectivity index (χ0) is 11.5. The number of rotatable bonds is 3. The number of ether oxygens (including phenoxy) is 2. The Kier molecular flexibility index (Phi) is 3.52. The van der Waals surface area contributed by atoms with Crippen LogP contribution in [0, 0.1) is 5.92 Å². The molecular formula is C10H17N3O3. The first-order valence-corrected chi connectivity index (χ1v) is 5.47. The topological polar surface area (TPSA) is 83.4 Å². The third-order valence-electron chi connectivity index (χ3n) is 2.57. The molecule has 1 aromatic heterocycles. The molecule has 6 heteroatoms. The van der Waals surface area contributed by atoms with Gasteiger partial charge in [-0.1, -0.05) is 19.0 Å². The molecule has 0 bridgehead atoms. The van der Waals surface area contributed by atoms with Gasteiger partial charge in [0.15, 0.2) is 11.9 Å². The van der Waals surface area contributed by atoms with Crippen LogP contribution in [0.3, 0.4) is 0 Å².